The van der Waals surface area contributed by atoms with Gasteiger partial charge >= 0.3 is 5.97 Å². The normalized spacial score (nSPS) is 19.2. The van der Waals surface area contributed by atoms with E-state index in [1.807, 2.05) is 4.90 Å². The molecule has 1 aromatic heterocycles. The second kappa shape index (κ2) is 5.33. The molecule has 0 bridgehead atoms. The Morgan fingerprint density at radius 2 is 2.44 bits per heavy atom. The molecule has 1 N–H and O–H groups in total. The lowest BCUT2D eigenvalue weighted by Gasteiger charge is -2.19. The number of carbonyl (C=O) groups is 1. The molecule has 0 saturated carbocycles. The zero-order chi connectivity index (χ0) is 13.1. The van der Waals surface area contributed by atoms with Gasteiger partial charge in [-0.05, 0) is 24.8 Å². The van der Waals surface area contributed by atoms with Crippen LogP contribution >= 0.6 is 0 Å². The first-order valence-electron chi connectivity index (χ1n) is 6.25. The summed E-state index contributed by atoms with van der Waals surface area (Å²) in [7, 11) is 0. The maximum atomic E-state index is 13.0. The molecule has 0 aromatic carbocycles. The molecule has 4 nitrogen and oxygen atoms in total. The van der Waals surface area contributed by atoms with Crippen LogP contribution in [-0.2, 0) is 0 Å². The number of carboxylic acid groups (broad SMARTS) is 1. The van der Waals surface area contributed by atoms with Crippen molar-refractivity contribution in [3.8, 4) is 0 Å². The van der Waals surface area contributed by atoms with Gasteiger partial charge in [0.1, 0.15) is 17.2 Å². The molecule has 98 valence electrons. The quantitative estimate of drug-likeness (QED) is 0.894. The molecule has 0 radical (unpaired) electrons. The summed E-state index contributed by atoms with van der Waals surface area (Å²) in [5.41, 5.74) is -0.0489. The Morgan fingerprint density at radius 1 is 1.67 bits per heavy atom. The second-order valence-corrected chi connectivity index (χ2v) is 4.72. The van der Waals surface area contributed by atoms with Crippen molar-refractivity contribution in [2.45, 2.75) is 26.2 Å². The summed E-state index contributed by atoms with van der Waals surface area (Å²) in [4.78, 5) is 17.0. The van der Waals surface area contributed by atoms with Gasteiger partial charge in [-0.15, -0.1) is 0 Å². The maximum Gasteiger partial charge on any atom is 0.339 e. The van der Waals surface area contributed by atoms with Crippen LogP contribution in [0.25, 0.3) is 0 Å². The Bertz CT molecular complexity index is 451. The van der Waals surface area contributed by atoms with E-state index in [2.05, 4.69) is 11.9 Å². The number of nitrogens with zero attached hydrogens (tertiary/aromatic N) is 2. The summed E-state index contributed by atoms with van der Waals surface area (Å²) in [5.74, 6) is -0.762. The molecule has 2 rings (SSSR count). The molecule has 1 unspecified atom stereocenters. The van der Waals surface area contributed by atoms with Crippen molar-refractivity contribution in [1.82, 2.24) is 4.98 Å². The van der Waals surface area contributed by atoms with Crippen LogP contribution in [0.3, 0.4) is 0 Å². The molecular formula is C13H17FN2O2. The van der Waals surface area contributed by atoms with Gasteiger partial charge in [-0.2, -0.15) is 0 Å². The fraction of sp³-hybridized carbons (Fsp3) is 0.538. The topological polar surface area (TPSA) is 53.4 Å². The molecule has 1 saturated heterocycles. The third-order valence-electron chi connectivity index (χ3n) is 3.35. The molecule has 1 atom stereocenters. The SMILES string of the molecule is CCCC1CCN(c2ncc(F)cc2C(=O)O)C1. The number of anilines is 1. The van der Waals surface area contributed by atoms with E-state index < -0.39 is 11.8 Å². The number of hydrogen-bond acceptors (Lipinski definition) is 3. The average Bonchev–Trinajstić information content (AvgIpc) is 2.78. The van der Waals surface area contributed by atoms with Gasteiger partial charge in [0.25, 0.3) is 0 Å². The first-order valence-corrected chi connectivity index (χ1v) is 6.25. The van der Waals surface area contributed by atoms with Crippen LogP contribution < -0.4 is 4.90 Å². The van der Waals surface area contributed by atoms with Gasteiger partial charge in [0.05, 0.1) is 6.20 Å². The molecule has 5 heteroatoms. The number of rotatable bonds is 4. The van der Waals surface area contributed by atoms with Gasteiger partial charge in [0.15, 0.2) is 0 Å². The van der Waals surface area contributed by atoms with Crippen LogP contribution in [0.2, 0.25) is 0 Å². The highest BCUT2D eigenvalue weighted by Gasteiger charge is 2.26. The predicted molar refractivity (Wildman–Crippen MR) is 66.4 cm³/mol. The van der Waals surface area contributed by atoms with E-state index in [1.165, 1.54) is 0 Å². The van der Waals surface area contributed by atoms with E-state index in [4.69, 9.17) is 5.11 Å². The fourth-order valence-electron chi connectivity index (χ4n) is 2.51. The third-order valence-corrected chi connectivity index (χ3v) is 3.35. The van der Waals surface area contributed by atoms with Crippen molar-refractivity contribution >= 4 is 11.8 Å². The van der Waals surface area contributed by atoms with Crippen LogP contribution in [0.15, 0.2) is 12.3 Å². The highest BCUT2D eigenvalue weighted by molar-refractivity contribution is 5.93. The molecule has 2 heterocycles. The zero-order valence-corrected chi connectivity index (χ0v) is 10.4. The number of halogens is 1. The van der Waals surface area contributed by atoms with E-state index in [0.29, 0.717) is 11.7 Å². The maximum absolute atomic E-state index is 13.0. The molecule has 1 aliphatic heterocycles. The van der Waals surface area contributed by atoms with Gasteiger partial charge in [0, 0.05) is 13.1 Å². The largest absolute Gasteiger partial charge is 0.478 e. The Hall–Kier alpha value is -1.65. The summed E-state index contributed by atoms with van der Waals surface area (Å²) < 4.78 is 13.0. The van der Waals surface area contributed by atoms with Gasteiger partial charge in [-0.1, -0.05) is 13.3 Å². The average molecular weight is 252 g/mol. The summed E-state index contributed by atoms with van der Waals surface area (Å²) in [6.07, 6.45) is 4.39. The molecule has 0 spiro atoms. The van der Waals surface area contributed by atoms with Crippen molar-refractivity contribution in [3.05, 3.63) is 23.6 Å². The van der Waals surface area contributed by atoms with E-state index >= 15 is 0 Å². The Kier molecular flexibility index (Phi) is 3.79. The molecular weight excluding hydrogens is 235 g/mol. The molecule has 0 aliphatic carbocycles. The van der Waals surface area contributed by atoms with Crippen LogP contribution in [-0.4, -0.2) is 29.1 Å². The number of aromatic nitrogens is 1. The van der Waals surface area contributed by atoms with Crippen LogP contribution in [0, 0.1) is 11.7 Å². The zero-order valence-electron chi connectivity index (χ0n) is 10.4. The minimum atomic E-state index is -1.13. The van der Waals surface area contributed by atoms with Gasteiger partial charge in [-0.25, -0.2) is 14.2 Å². The first-order chi connectivity index (χ1) is 8.61. The Labute approximate surface area is 105 Å². The van der Waals surface area contributed by atoms with E-state index in [1.54, 1.807) is 0 Å². The number of pyridine rings is 1. The van der Waals surface area contributed by atoms with E-state index in [0.717, 1.165) is 44.6 Å². The predicted octanol–water partition coefficient (Wildman–Crippen LogP) is 2.55. The third kappa shape index (κ3) is 2.60. The monoisotopic (exact) mass is 252 g/mol. The van der Waals surface area contributed by atoms with Gasteiger partial charge in [-0.3, -0.25) is 0 Å². The van der Waals surface area contributed by atoms with Gasteiger partial charge < -0.3 is 10.0 Å². The van der Waals surface area contributed by atoms with Crippen molar-refractivity contribution in [1.29, 1.82) is 0 Å². The van der Waals surface area contributed by atoms with Crippen molar-refractivity contribution < 1.29 is 14.3 Å². The van der Waals surface area contributed by atoms with Crippen LogP contribution in [0.5, 0.6) is 0 Å². The van der Waals surface area contributed by atoms with E-state index in [9.17, 15) is 9.18 Å². The summed E-state index contributed by atoms with van der Waals surface area (Å²) >= 11 is 0. The smallest absolute Gasteiger partial charge is 0.339 e. The van der Waals surface area contributed by atoms with E-state index in [-0.39, 0.29) is 5.56 Å². The number of hydrogen-bond donors (Lipinski definition) is 1. The minimum absolute atomic E-state index is 0.0489. The lowest BCUT2D eigenvalue weighted by atomic mass is 10.0. The highest BCUT2D eigenvalue weighted by atomic mass is 19.1. The lowest BCUT2D eigenvalue weighted by Crippen LogP contribution is -2.23. The number of carboxylic acids is 1. The Balaban J connectivity index is 2.21. The minimum Gasteiger partial charge on any atom is -0.478 e. The molecule has 0 amide bonds. The number of aromatic carboxylic acids is 1. The highest BCUT2D eigenvalue weighted by Crippen LogP contribution is 2.27. The van der Waals surface area contributed by atoms with Gasteiger partial charge in [0.2, 0.25) is 0 Å². The van der Waals surface area contributed by atoms with Crippen molar-refractivity contribution in [3.63, 3.8) is 0 Å². The van der Waals surface area contributed by atoms with Crippen molar-refractivity contribution in [2.24, 2.45) is 5.92 Å². The molecule has 1 aromatic rings. The summed E-state index contributed by atoms with van der Waals surface area (Å²) in [5, 5.41) is 9.09. The van der Waals surface area contributed by atoms with Crippen LogP contribution in [0.1, 0.15) is 36.5 Å². The molecule has 1 aliphatic rings. The summed E-state index contributed by atoms with van der Waals surface area (Å²) in [6.45, 7) is 3.75. The van der Waals surface area contributed by atoms with Crippen LogP contribution in [0.4, 0.5) is 10.2 Å². The molecule has 18 heavy (non-hydrogen) atoms. The second-order valence-electron chi connectivity index (χ2n) is 4.72. The molecule has 1 fully saturated rings. The first kappa shape index (κ1) is 12.8. The Morgan fingerprint density at radius 3 is 3.11 bits per heavy atom. The standard InChI is InChI=1S/C13H17FN2O2/c1-2-3-9-4-5-16(8-9)12-11(13(17)18)6-10(14)7-15-12/h6-7,9H,2-5,8H2,1H3,(H,17,18). The van der Waals surface area contributed by atoms with Crippen molar-refractivity contribution in [2.75, 3.05) is 18.0 Å². The summed E-state index contributed by atoms with van der Waals surface area (Å²) in [6, 6.07) is 1.04. The lowest BCUT2D eigenvalue weighted by molar-refractivity contribution is 0.0696. The fourth-order valence-corrected chi connectivity index (χ4v) is 2.51.